The fourth-order valence-corrected chi connectivity index (χ4v) is 1.30. The molecule has 0 aromatic rings. The molecule has 1 aliphatic rings. The van der Waals surface area contributed by atoms with E-state index in [4.69, 9.17) is 9.84 Å². The lowest BCUT2D eigenvalue weighted by molar-refractivity contribution is -0.142. The zero-order valence-electron chi connectivity index (χ0n) is 9.08. The first-order valence-corrected chi connectivity index (χ1v) is 5.13. The lowest BCUT2D eigenvalue weighted by Gasteiger charge is -2.17. The normalized spacial score (nSPS) is 19.3. The van der Waals surface area contributed by atoms with Crippen molar-refractivity contribution in [3.8, 4) is 0 Å². The second kappa shape index (κ2) is 4.61. The van der Waals surface area contributed by atoms with Gasteiger partial charge in [-0.1, -0.05) is 0 Å². The Balaban J connectivity index is 2.43. The van der Waals surface area contributed by atoms with Crippen LogP contribution >= 0.6 is 0 Å². The van der Waals surface area contributed by atoms with Gasteiger partial charge in [0, 0.05) is 6.61 Å². The van der Waals surface area contributed by atoms with Crippen LogP contribution in [-0.4, -0.2) is 36.2 Å². The van der Waals surface area contributed by atoms with Crippen LogP contribution in [0.5, 0.6) is 0 Å². The SMILES string of the molecule is CCOCC1(C(=O)N[C@@H](C)C(=O)O)CC1. The Labute approximate surface area is 88.8 Å². The number of amides is 1. The summed E-state index contributed by atoms with van der Waals surface area (Å²) in [5, 5.41) is 11.1. The quantitative estimate of drug-likeness (QED) is 0.672. The van der Waals surface area contributed by atoms with Crippen LogP contribution in [0.4, 0.5) is 0 Å². The molecule has 0 aliphatic heterocycles. The second-order valence-electron chi connectivity index (χ2n) is 3.95. The average molecular weight is 215 g/mol. The highest BCUT2D eigenvalue weighted by atomic mass is 16.5. The number of ether oxygens (including phenoxy) is 1. The summed E-state index contributed by atoms with van der Waals surface area (Å²) >= 11 is 0. The molecule has 0 spiro atoms. The number of hydrogen-bond donors (Lipinski definition) is 2. The van der Waals surface area contributed by atoms with Crippen molar-refractivity contribution in [2.24, 2.45) is 5.41 Å². The van der Waals surface area contributed by atoms with Crippen molar-refractivity contribution < 1.29 is 19.4 Å². The maximum Gasteiger partial charge on any atom is 0.325 e. The summed E-state index contributed by atoms with van der Waals surface area (Å²) in [5.74, 6) is -1.22. The molecule has 0 radical (unpaired) electrons. The fraction of sp³-hybridized carbons (Fsp3) is 0.800. The molecule has 1 rings (SSSR count). The summed E-state index contributed by atoms with van der Waals surface area (Å²) in [7, 11) is 0. The molecule has 0 aromatic carbocycles. The summed E-state index contributed by atoms with van der Waals surface area (Å²) in [5.41, 5.74) is -0.459. The van der Waals surface area contributed by atoms with Crippen molar-refractivity contribution in [2.75, 3.05) is 13.2 Å². The zero-order chi connectivity index (χ0) is 11.5. The minimum Gasteiger partial charge on any atom is -0.480 e. The predicted molar refractivity (Wildman–Crippen MR) is 53.4 cm³/mol. The summed E-state index contributed by atoms with van der Waals surface area (Å²) in [6.07, 6.45) is 1.57. The molecule has 0 bridgehead atoms. The van der Waals surface area contributed by atoms with Crippen molar-refractivity contribution in [3.05, 3.63) is 0 Å². The third kappa shape index (κ3) is 2.92. The minimum atomic E-state index is -1.02. The molecular weight excluding hydrogens is 198 g/mol. The van der Waals surface area contributed by atoms with Gasteiger partial charge in [-0.05, 0) is 26.7 Å². The molecule has 1 aliphatic carbocycles. The Bertz CT molecular complexity index is 260. The molecule has 5 nitrogen and oxygen atoms in total. The van der Waals surface area contributed by atoms with E-state index in [9.17, 15) is 9.59 Å². The molecule has 1 atom stereocenters. The smallest absolute Gasteiger partial charge is 0.325 e. The van der Waals surface area contributed by atoms with Gasteiger partial charge in [0.1, 0.15) is 6.04 Å². The monoisotopic (exact) mass is 215 g/mol. The van der Waals surface area contributed by atoms with E-state index >= 15 is 0 Å². The van der Waals surface area contributed by atoms with Crippen molar-refractivity contribution in [3.63, 3.8) is 0 Å². The Morgan fingerprint density at radius 1 is 1.53 bits per heavy atom. The van der Waals surface area contributed by atoms with Crippen LogP contribution in [0.2, 0.25) is 0 Å². The number of nitrogens with one attached hydrogen (secondary N) is 1. The first kappa shape index (κ1) is 12.0. The van der Waals surface area contributed by atoms with E-state index in [2.05, 4.69) is 5.32 Å². The van der Waals surface area contributed by atoms with E-state index in [1.807, 2.05) is 6.92 Å². The van der Waals surface area contributed by atoms with Gasteiger partial charge in [-0.25, -0.2) is 0 Å². The third-order valence-electron chi connectivity index (χ3n) is 2.64. The number of carboxylic acid groups (broad SMARTS) is 1. The van der Waals surface area contributed by atoms with E-state index < -0.39 is 17.4 Å². The zero-order valence-corrected chi connectivity index (χ0v) is 9.08. The Kier molecular flexibility index (Phi) is 3.68. The molecular formula is C10H17NO4. The van der Waals surface area contributed by atoms with Gasteiger partial charge in [0.2, 0.25) is 5.91 Å². The fourth-order valence-electron chi connectivity index (χ4n) is 1.30. The molecule has 1 saturated carbocycles. The summed E-state index contributed by atoms with van der Waals surface area (Å²) in [4.78, 5) is 22.2. The highest BCUT2D eigenvalue weighted by Crippen LogP contribution is 2.46. The second-order valence-corrected chi connectivity index (χ2v) is 3.95. The lowest BCUT2D eigenvalue weighted by Crippen LogP contribution is -2.43. The van der Waals surface area contributed by atoms with Crippen LogP contribution in [0.15, 0.2) is 0 Å². The number of carboxylic acids is 1. The average Bonchev–Trinajstić information content (AvgIpc) is 2.95. The number of hydrogen-bond acceptors (Lipinski definition) is 3. The van der Waals surface area contributed by atoms with E-state index in [0.29, 0.717) is 13.2 Å². The van der Waals surface area contributed by atoms with E-state index in [-0.39, 0.29) is 5.91 Å². The maximum atomic E-state index is 11.7. The van der Waals surface area contributed by atoms with Gasteiger partial charge in [0.25, 0.3) is 0 Å². The summed E-state index contributed by atoms with van der Waals surface area (Å²) in [6.45, 7) is 4.29. The molecule has 1 amide bonds. The van der Waals surface area contributed by atoms with E-state index in [1.54, 1.807) is 0 Å². The van der Waals surface area contributed by atoms with E-state index in [1.165, 1.54) is 6.92 Å². The van der Waals surface area contributed by atoms with Crippen molar-refractivity contribution >= 4 is 11.9 Å². The first-order valence-electron chi connectivity index (χ1n) is 5.13. The first-order chi connectivity index (χ1) is 7.02. The topological polar surface area (TPSA) is 75.6 Å². The Morgan fingerprint density at radius 2 is 2.13 bits per heavy atom. The van der Waals surface area contributed by atoms with Gasteiger partial charge in [-0.3, -0.25) is 9.59 Å². The molecule has 0 saturated heterocycles. The standard InChI is InChI=1S/C10H17NO4/c1-3-15-6-10(4-5-10)9(14)11-7(2)8(12)13/h7H,3-6H2,1-2H3,(H,11,14)(H,12,13)/t7-/m0/s1. The van der Waals surface area contributed by atoms with E-state index in [0.717, 1.165) is 12.8 Å². The minimum absolute atomic E-state index is 0.203. The Hall–Kier alpha value is -1.10. The van der Waals surface area contributed by atoms with Crippen LogP contribution in [0.3, 0.4) is 0 Å². The predicted octanol–water partition coefficient (Wildman–Crippen LogP) is 0.392. The molecule has 1 fully saturated rings. The number of carbonyl (C=O) groups excluding carboxylic acids is 1. The van der Waals surface area contributed by atoms with Crippen molar-refractivity contribution in [1.82, 2.24) is 5.32 Å². The summed E-state index contributed by atoms with van der Waals surface area (Å²) in [6, 6.07) is -0.836. The molecule has 0 heterocycles. The van der Waals surface area contributed by atoms with Gasteiger partial charge >= 0.3 is 5.97 Å². The highest BCUT2D eigenvalue weighted by Gasteiger charge is 2.50. The highest BCUT2D eigenvalue weighted by molar-refractivity contribution is 5.89. The van der Waals surface area contributed by atoms with Gasteiger partial charge in [-0.15, -0.1) is 0 Å². The number of aliphatic carboxylic acids is 1. The van der Waals surface area contributed by atoms with Crippen LogP contribution in [0.1, 0.15) is 26.7 Å². The molecule has 15 heavy (non-hydrogen) atoms. The van der Waals surface area contributed by atoms with Gasteiger partial charge < -0.3 is 15.2 Å². The molecule has 0 unspecified atom stereocenters. The van der Waals surface area contributed by atoms with Gasteiger partial charge in [-0.2, -0.15) is 0 Å². The number of carbonyl (C=O) groups is 2. The largest absolute Gasteiger partial charge is 0.480 e. The van der Waals surface area contributed by atoms with Crippen LogP contribution in [-0.2, 0) is 14.3 Å². The summed E-state index contributed by atoms with van der Waals surface area (Å²) < 4.78 is 5.22. The van der Waals surface area contributed by atoms with Crippen LogP contribution in [0.25, 0.3) is 0 Å². The van der Waals surface area contributed by atoms with Crippen molar-refractivity contribution in [1.29, 1.82) is 0 Å². The lowest BCUT2D eigenvalue weighted by atomic mass is 10.1. The molecule has 5 heteroatoms. The molecule has 2 N–H and O–H groups in total. The maximum absolute atomic E-state index is 11.7. The number of rotatable bonds is 6. The molecule has 0 aromatic heterocycles. The van der Waals surface area contributed by atoms with Crippen molar-refractivity contribution in [2.45, 2.75) is 32.7 Å². The van der Waals surface area contributed by atoms with Crippen LogP contribution in [0, 0.1) is 5.41 Å². The molecule has 86 valence electrons. The Morgan fingerprint density at radius 3 is 2.53 bits per heavy atom. The third-order valence-corrected chi connectivity index (χ3v) is 2.64. The van der Waals surface area contributed by atoms with Gasteiger partial charge in [0.15, 0.2) is 0 Å². The van der Waals surface area contributed by atoms with Crippen LogP contribution < -0.4 is 5.32 Å². The van der Waals surface area contributed by atoms with Gasteiger partial charge in [0.05, 0.1) is 12.0 Å².